The molecular formula is C32H30F6N4O4. The molecule has 4 aromatic rings. The second-order valence-electron chi connectivity index (χ2n) is 11.1. The van der Waals surface area contributed by atoms with Crippen LogP contribution in [0.4, 0.5) is 31.1 Å². The number of aromatic amines is 1. The second-order valence-corrected chi connectivity index (χ2v) is 11.1. The Morgan fingerprint density at radius 3 is 2.15 bits per heavy atom. The van der Waals surface area contributed by atoms with Crippen molar-refractivity contribution < 1.29 is 40.6 Å². The number of nitrogens with one attached hydrogen (secondary N) is 1. The Bertz CT molecular complexity index is 1660. The number of ether oxygens (including phenoxy) is 2. The van der Waals surface area contributed by atoms with Crippen LogP contribution >= 0.6 is 0 Å². The van der Waals surface area contributed by atoms with Crippen molar-refractivity contribution in [1.82, 2.24) is 19.7 Å². The van der Waals surface area contributed by atoms with Gasteiger partial charge in [-0.1, -0.05) is 60.7 Å². The van der Waals surface area contributed by atoms with Gasteiger partial charge in [-0.2, -0.15) is 31.4 Å². The third-order valence-corrected chi connectivity index (χ3v) is 8.16. The molecule has 0 radical (unpaired) electrons. The number of alkyl halides is 6. The van der Waals surface area contributed by atoms with Crippen LogP contribution in [-0.2, 0) is 34.0 Å². The van der Waals surface area contributed by atoms with Crippen molar-refractivity contribution in [1.29, 1.82) is 0 Å². The van der Waals surface area contributed by atoms with Gasteiger partial charge >= 0.3 is 24.1 Å². The summed E-state index contributed by atoms with van der Waals surface area (Å²) >= 11 is 0. The summed E-state index contributed by atoms with van der Waals surface area (Å²) in [6.45, 7) is 0.951. The Morgan fingerprint density at radius 2 is 1.59 bits per heavy atom. The van der Waals surface area contributed by atoms with Crippen molar-refractivity contribution >= 4 is 6.09 Å². The standard InChI is InChI=1S/C32H30F6N4O4/c1-21(23-14-25(31(33,34)35)16-26(15-23)32(36,37)38)46-19-30(24-10-6-3-7-11-24)13-12-27(41-20-39-40-28(41)43)17-42(30)29(44)45-18-22-8-4-2-5-9-22/h2-11,14-16,20-21,27H,12-13,17-19H2,1H3,(H,40,43)/t21-,27+,30-/m1/s1. The number of aromatic nitrogens is 3. The molecule has 244 valence electrons. The summed E-state index contributed by atoms with van der Waals surface area (Å²) in [7, 11) is 0. The highest BCUT2D eigenvalue weighted by Gasteiger charge is 2.48. The number of benzene rings is 3. The van der Waals surface area contributed by atoms with E-state index in [9.17, 15) is 35.9 Å². The van der Waals surface area contributed by atoms with E-state index in [1.165, 1.54) is 22.7 Å². The van der Waals surface area contributed by atoms with Crippen LogP contribution in [0, 0.1) is 0 Å². The quantitative estimate of drug-likeness (QED) is 0.203. The molecule has 46 heavy (non-hydrogen) atoms. The van der Waals surface area contributed by atoms with Crippen molar-refractivity contribution in [3.8, 4) is 0 Å². The van der Waals surface area contributed by atoms with Crippen molar-refractivity contribution in [3.63, 3.8) is 0 Å². The maximum Gasteiger partial charge on any atom is 0.416 e. The summed E-state index contributed by atoms with van der Waals surface area (Å²) in [6.07, 6.45) is -10.1. The highest BCUT2D eigenvalue weighted by molar-refractivity contribution is 5.69. The summed E-state index contributed by atoms with van der Waals surface area (Å²) in [4.78, 5) is 27.7. The van der Waals surface area contributed by atoms with Gasteiger partial charge in [0.15, 0.2) is 0 Å². The number of carbonyl (C=O) groups excluding carboxylic acids is 1. The van der Waals surface area contributed by atoms with E-state index in [1.54, 1.807) is 54.6 Å². The van der Waals surface area contributed by atoms with Gasteiger partial charge in [0.2, 0.25) is 0 Å². The van der Waals surface area contributed by atoms with Crippen molar-refractivity contribution in [2.45, 2.75) is 56.4 Å². The van der Waals surface area contributed by atoms with E-state index in [0.717, 1.165) is 5.56 Å². The SMILES string of the molecule is C[C@@H](OC[C@@]1(c2ccccc2)CC[C@H](n2cn[nH]c2=O)CN1C(=O)OCc1ccccc1)c1cc(C(F)(F)F)cc(C(F)(F)F)c1. The minimum Gasteiger partial charge on any atom is -0.445 e. The molecule has 3 atom stereocenters. The Morgan fingerprint density at radius 1 is 0.978 bits per heavy atom. The number of nitrogens with zero attached hydrogens (tertiary/aromatic N) is 3. The molecule has 1 saturated heterocycles. The van der Waals surface area contributed by atoms with Gasteiger partial charge in [-0.05, 0) is 54.7 Å². The first-order valence-electron chi connectivity index (χ1n) is 14.3. The fourth-order valence-electron chi connectivity index (χ4n) is 5.66. The second kappa shape index (κ2) is 13.0. The van der Waals surface area contributed by atoms with Gasteiger partial charge in [0.1, 0.15) is 12.9 Å². The summed E-state index contributed by atoms with van der Waals surface area (Å²) in [6, 6.07) is 18.5. The normalized spacial score (nSPS) is 19.5. The zero-order chi connectivity index (χ0) is 33.1. The molecule has 1 aliphatic heterocycles. The van der Waals surface area contributed by atoms with Crippen LogP contribution in [0.5, 0.6) is 0 Å². The molecule has 8 nitrogen and oxygen atoms in total. The summed E-state index contributed by atoms with van der Waals surface area (Å²) < 4.78 is 94.6. The zero-order valence-corrected chi connectivity index (χ0v) is 24.5. The maximum absolute atomic E-state index is 13.9. The van der Waals surface area contributed by atoms with Crippen LogP contribution in [0.1, 0.15) is 59.7 Å². The van der Waals surface area contributed by atoms with E-state index in [0.29, 0.717) is 24.1 Å². The van der Waals surface area contributed by atoms with Crippen molar-refractivity contribution in [3.05, 3.63) is 123 Å². The third kappa shape index (κ3) is 7.11. The number of amides is 1. The number of hydrogen-bond acceptors (Lipinski definition) is 5. The summed E-state index contributed by atoms with van der Waals surface area (Å²) in [5, 5.41) is 6.12. The number of piperidine rings is 1. The predicted octanol–water partition coefficient (Wildman–Crippen LogP) is 7.26. The number of carbonyl (C=O) groups is 1. The summed E-state index contributed by atoms with van der Waals surface area (Å²) in [5.74, 6) is 0. The molecule has 1 aromatic heterocycles. The van der Waals surface area contributed by atoms with Gasteiger partial charge < -0.3 is 9.47 Å². The lowest BCUT2D eigenvalue weighted by atomic mass is 9.79. The number of rotatable bonds is 8. The fraction of sp³-hybridized carbons (Fsp3) is 0.344. The molecule has 1 N–H and O–H groups in total. The summed E-state index contributed by atoms with van der Waals surface area (Å²) in [5.41, 5.74) is -3.66. The van der Waals surface area contributed by atoms with Gasteiger partial charge in [-0.15, -0.1) is 0 Å². The minimum atomic E-state index is -5.02. The van der Waals surface area contributed by atoms with E-state index in [4.69, 9.17) is 9.47 Å². The predicted molar refractivity (Wildman–Crippen MR) is 153 cm³/mol. The average molecular weight is 649 g/mol. The number of likely N-dealkylation sites (tertiary alicyclic amines) is 1. The molecule has 2 heterocycles. The molecule has 0 bridgehead atoms. The van der Waals surface area contributed by atoms with Crippen molar-refractivity contribution in [2.75, 3.05) is 13.2 Å². The number of halogens is 6. The monoisotopic (exact) mass is 648 g/mol. The van der Waals surface area contributed by atoms with Gasteiger partial charge in [0.25, 0.3) is 0 Å². The van der Waals surface area contributed by atoms with Crippen LogP contribution in [0.3, 0.4) is 0 Å². The lowest BCUT2D eigenvalue weighted by Gasteiger charge is -2.49. The van der Waals surface area contributed by atoms with E-state index in [1.807, 2.05) is 6.07 Å². The van der Waals surface area contributed by atoms with Gasteiger partial charge in [0, 0.05) is 6.54 Å². The lowest BCUT2D eigenvalue weighted by Crippen LogP contribution is -2.58. The van der Waals surface area contributed by atoms with E-state index in [2.05, 4.69) is 10.2 Å². The first-order chi connectivity index (χ1) is 21.8. The Hall–Kier alpha value is -4.59. The number of H-pyrrole nitrogens is 1. The van der Waals surface area contributed by atoms with E-state index in [-0.39, 0.29) is 37.8 Å². The molecule has 0 unspecified atom stereocenters. The largest absolute Gasteiger partial charge is 0.445 e. The zero-order valence-electron chi connectivity index (χ0n) is 24.5. The Balaban J connectivity index is 1.51. The minimum absolute atomic E-state index is 0.0263. The highest BCUT2D eigenvalue weighted by atomic mass is 19.4. The molecular weight excluding hydrogens is 618 g/mol. The van der Waals surface area contributed by atoms with Gasteiger partial charge in [-0.3, -0.25) is 9.47 Å². The van der Waals surface area contributed by atoms with Crippen LogP contribution in [0.25, 0.3) is 0 Å². The van der Waals surface area contributed by atoms with Crippen LogP contribution < -0.4 is 5.69 Å². The Kier molecular flexibility index (Phi) is 9.29. The van der Waals surface area contributed by atoms with Crippen LogP contribution in [-0.4, -0.2) is 38.9 Å². The molecule has 1 aliphatic rings. The Labute approximate surface area is 259 Å². The highest BCUT2D eigenvalue weighted by Crippen LogP contribution is 2.43. The molecule has 0 spiro atoms. The molecule has 0 saturated carbocycles. The first-order valence-corrected chi connectivity index (χ1v) is 14.3. The van der Waals surface area contributed by atoms with Gasteiger partial charge in [-0.25, -0.2) is 14.7 Å². The van der Waals surface area contributed by atoms with Crippen molar-refractivity contribution in [2.24, 2.45) is 0 Å². The number of hydrogen-bond donors (Lipinski definition) is 1. The van der Waals surface area contributed by atoms with Crippen LogP contribution in [0.15, 0.2) is 90.0 Å². The van der Waals surface area contributed by atoms with E-state index < -0.39 is 52.9 Å². The molecule has 1 fully saturated rings. The maximum atomic E-state index is 13.9. The fourth-order valence-corrected chi connectivity index (χ4v) is 5.66. The molecule has 3 aromatic carbocycles. The molecule has 0 aliphatic carbocycles. The smallest absolute Gasteiger partial charge is 0.416 e. The molecule has 5 rings (SSSR count). The van der Waals surface area contributed by atoms with Gasteiger partial charge in [0.05, 0.1) is 35.4 Å². The topological polar surface area (TPSA) is 89.5 Å². The third-order valence-electron chi connectivity index (χ3n) is 8.16. The van der Waals surface area contributed by atoms with Crippen LogP contribution in [0.2, 0.25) is 0 Å². The van der Waals surface area contributed by atoms with E-state index >= 15 is 0 Å². The molecule has 1 amide bonds. The first kappa shape index (κ1) is 32.8. The molecule has 14 heteroatoms. The lowest BCUT2D eigenvalue weighted by molar-refractivity contribution is -0.143. The average Bonchev–Trinajstić information content (AvgIpc) is 3.47.